The van der Waals surface area contributed by atoms with Crippen LogP contribution in [0.25, 0.3) is 0 Å². The number of para-hydroxylation sites is 1. The first-order valence-electron chi connectivity index (χ1n) is 5.31. The van der Waals surface area contributed by atoms with E-state index in [1.54, 1.807) is 42.6 Å². The van der Waals surface area contributed by atoms with E-state index < -0.39 is 6.09 Å². The molecule has 1 amide bonds. The number of carboxylic acid groups (broad SMARTS) is 1. The number of anilines is 2. The Balaban J connectivity index is 2.52. The monoisotopic (exact) mass is 244 g/mol. The predicted molar refractivity (Wildman–Crippen MR) is 67.4 cm³/mol. The van der Waals surface area contributed by atoms with Gasteiger partial charge in [-0.15, -0.1) is 0 Å². The molecule has 1 N–H and O–H groups in total. The molecular weight excluding hydrogens is 232 g/mol. The van der Waals surface area contributed by atoms with Gasteiger partial charge in [0.2, 0.25) is 5.88 Å². The fourth-order valence-electron chi connectivity index (χ4n) is 1.64. The maximum Gasteiger partial charge on any atom is 0.416 e. The highest BCUT2D eigenvalue weighted by molar-refractivity contribution is 5.96. The smallest absolute Gasteiger partial charge is 0.416 e. The molecule has 1 aromatic carbocycles. The molecule has 0 aliphatic carbocycles. The molecular formula is C13H12N2O3. The molecule has 0 fully saturated rings. The van der Waals surface area contributed by atoms with Crippen LogP contribution in [0.1, 0.15) is 0 Å². The van der Waals surface area contributed by atoms with Crippen molar-refractivity contribution in [2.24, 2.45) is 0 Å². The van der Waals surface area contributed by atoms with Crippen LogP contribution >= 0.6 is 0 Å². The summed E-state index contributed by atoms with van der Waals surface area (Å²) in [4.78, 5) is 16.5. The third-order valence-corrected chi connectivity index (χ3v) is 2.39. The van der Waals surface area contributed by atoms with E-state index in [4.69, 9.17) is 4.74 Å². The summed E-state index contributed by atoms with van der Waals surface area (Å²) in [6.07, 6.45) is 0.459. The summed E-state index contributed by atoms with van der Waals surface area (Å²) in [5.41, 5.74) is 0.926. The lowest BCUT2D eigenvalue weighted by atomic mass is 10.2. The van der Waals surface area contributed by atoms with E-state index in [9.17, 15) is 9.90 Å². The summed E-state index contributed by atoms with van der Waals surface area (Å²) >= 11 is 0. The van der Waals surface area contributed by atoms with E-state index in [1.165, 1.54) is 7.11 Å². The van der Waals surface area contributed by atoms with Crippen LogP contribution in [0.5, 0.6) is 5.88 Å². The first-order chi connectivity index (χ1) is 8.74. The summed E-state index contributed by atoms with van der Waals surface area (Å²) in [5, 5.41) is 9.34. The Morgan fingerprint density at radius 1 is 1.22 bits per heavy atom. The number of benzene rings is 1. The normalized spacial score (nSPS) is 9.83. The Morgan fingerprint density at radius 3 is 2.56 bits per heavy atom. The van der Waals surface area contributed by atoms with Gasteiger partial charge in [0.25, 0.3) is 0 Å². The van der Waals surface area contributed by atoms with Gasteiger partial charge in [-0.1, -0.05) is 18.2 Å². The molecule has 0 bridgehead atoms. The van der Waals surface area contributed by atoms with Gasteiger partial charge in [0.05, 0.1) is 12.8 Å². The number of aromatic nitrogens is 1. The highest BCUT2D eigenvalue weighted by Gasteiger charge is 2.20. The van der Waals surface area contributed by atoms with E-state index in [0.717, 1.165) is 4.90 Å². The molecule has 0 aliphatic heterocycles. The van der Waals surface area contributed by atoms with E-state index in [1.807, 2.05) is 6.07 Å². The van der Waals surface area contributed by atoms with Crippen LogP contribution in [0.4, 0.5) is 16.2 Å². The van der Waals surface area contributed by atoms with Crippen molar-refractivity contribution >= 4 is 17.5 Å². The fourth-order valence-corrected chi connectivity index (χ4v) is 1.64. The fraction of sp³-hybridized carbons (Fsp3) is 0.0769. The third-order valence-electron chi connectivity index (χ3n) is 2.39. The molecule has 1 aromatic heterocycles. The van der Waals surface area contributed by atoms with E-state index >= 15 is 0 Å². The minimum absolute atomic E-state index is 0.267. The van der Waals surface area contributed by atoms with Crippen LogP contribution in [0.2, 0.25) is 0 Å². The van der Waals surface area contributed by atoms with Crippen molar-refractivity contribution in [1.29, 1.82) is 0 Å². The zero-order valence-corrected chi connectivity index (χ0v) is 9.78. The summed E-state index contributed by atoms with van der Waals surface area (Å²) in [5.74, 6) is 0.267. The summed E-state index contributed by atoms with van der Waals surface area (Å²) in [6, 6.07) is 12.1. The molecule has 0 aliphatic rings. The van der Waals surface area contributed by atoms with Crippen molar-refractivity contribution in [2.75, 3.05) is 12.0 Å². The second-order valence-corrected chi connectivity index (χ2v) is 3.49. The van der Waals surface area contributed by atoms with Gasteiger partial charge in [0.15, 0.2) is 0 Å². The summed E-state index contributed by atoms with van der Waals surface area (Å²) in [6.45, 7) is 0. The van der Waals surface area contributed by atoms with E-state index in [0.29, 0.717) is 11.4 Å². The molecule has 2 rings (SSSR count). The van der Waals surface area contributed by atoms with E-state index in [-0.39, 0.29) is 5.88 Å². The van der Waals surface area contributed by atoms with Crippen molar-refractivity contribution < 1.29 is 14.6 Å². The number of methoxy groups -OCH3 is 1. The number of ether oxygens (including phenoxy) is 1. The van der Waals surface area contributed by atoms with Crippen molar-refractivity contribution in [1.82, 2.24) is 4.98 Å². The number of nitrogens with zero attached hydrogens (tertiary/aromatic N) is 2. The first kappa shape index (κ1) is 11.9. The average molecular weight is 244 g/mol. The second-order valence-electron chi connectivity index (χ2n) is 3.49. The first-order valence-corrected chi connectivity index (χ1v) is 5.31. The van der Waals surface area contributed by atoms with Crippen LogP contribution in [0.3, 0.4) is 0 Å². The maximum atomic E-state index is 11.4. The lowest BCUT2D eigenvalue weighted by Crippen LogP contribution is -2.24. The molecule has 18 heavy (non-hydrogen) atoms. The van der Waals surface area contributed by atoms with Gasteiger partial charge in [-0.2, -0.15) is 0 Å². The number of rotatable bonds is 3. The van der Waals surface area contributed by atoms with Gasteiger partial charge in [-0.3, -0.25) is 0 Å². The predicted octanol–water partition coefficient (Wildman–Crippen LogP) is 2.91. The van der Waals surface area contributed by atoms with Crippen molar-refractivity contribution in [2.45, 2.75) is 0 Å². The highest BCUT2D eigenvalue weighted by Crippen LogP contribution is 2.31. The zero-order chi connectivity index (χ0) is 13.0. The number of carbonyl (C=O) groups is 1. The van der Waals surface area contributed by atoms with E-state index in [2.05, 4.69) is 4.98 Å². The van der Waals surface area contributed by atoms with Gasteiger partial charge in [-0.25, -0.2) is 14.7 Å². The standard InChI is InChI=1S/C13H12N2O3/c1-18-12-11(8-5-9-14-12)15(13(16)17)10-6-3-2-4-7-10/h2-9H,1H3,(H,16,17). The van der Waals surface area contributed by atoms with Crippen LogP contribution in [0, 0.1) is 0 Å². The number of hydrogen-bond acceptors (Lipinski definition) is 3. The minimum atomic E-state index is -1.09. The van der Waals surface area contributed by atoms with Gasteiger partial charge in [0.1, 0.15) is 5.69 Å². The highest BCUT2D eigenvalue weighted by atomic mass is 16.5. The molecule has 5 heteroatoms. The molecule has 1 heterocycles. The lowest BCUT2D eigenvalue weighted by molar-refractivity contribution is 0.204. The van der Waals surface area contributed by atoms with Crippen LogP contribution < -0.4 is 9.64 Å². The van der Waals surface area contributed by atoms with Crippen LogP contribution in [-0.4, -0.2) is 23.3 Å². The Bertz CT molecular complexity index is 543. The molecule has 0 saturated carbocycles. The third kappa shape index (κ3) is 2.24. The summed E-state index contributed by atoms with van der Waals surface area (Å²) in [7, 11) is 1.46. The molecule has 2 aromatic rings. The molecule has 92 valence electrons. The largest absolute Gasteiger partial charge is 0.479 e. The lowest BCUT2D eigenvalue weighted by Gasteiger charge is -2.20. The molecule has 5 nitrogen and oxygen atoms in total. The zero-order valence-electron chi connectivity index (χ0n) is 9.78. The van der Waals surface area contributed by atoms with Gasteiger partial charge in [-0.05, 0) is 24.3 Å². The molecule has 0 radical (unpaired) electrons. The maximum absolute atomic E-state index is 11.4. The van der Waals surface area contributed by atoms with Gasteiger partial charge in [0, 0.05) is 6.20 Å². The number of pyridine rings is 1. The summed E-state index contributed by atoms with van der Waals surface area (Å²) < 4.78 is 5.08. The van der Waals surface area contributed by atoms with Crippen molar-refractivity contribution in [3.05, 3.63) is 48.7 Å². The van der Waals surface area contributed by atoms with Crippen molar-refractivity contribution in [3.8, 4) is 5.88 Å². The topological polar surface area (TPSA) is 62.7 Å². The second kappa shape index (κ2) is 5.18. The molecule has 0 atom stereocenters. The quantitative estimate of drug-likeness (QED) is 0.901. The number of hydrogen-bond donors (Lipinski definition) is 1. The minimum Gasteiger partial charge on any atom is -0.479 e. The average Bonchev–Trinajstić information content (AvgIpc) is 2.40. The molecule has 0 unspecified atom stereocenters. The Labute approximate surface area is 104 Å². The molecule has 0 saturated heterocycles. The Kier molecular flexibility index (Phi) is 3.43. The SMILES string of the molecule is COc1ncccc1N(C(=O)O)c1ccccc1. The number of amides is 1. The molecule has 0 spiro atoms. The Hall–Kier alpha value is -2.56. The Morgan fingerprint density at radius 2 is 1.94 bits per heavy atom. The van der Waals surface area contributed by atoms with Crippen LogP contribution in [-0.2, 0) is 0 Å². The van der Waals surface area contributed by atoms with Crippen molar-refractivity contribution in [3.63, 3.8) is 0 Å². The van der Waals surface area contributed by atoms with Crippen LogP contribution in [0.15, 0.2) is 48.7 Å². The van der Waals surface area contributed by atoms with Gasteiger partial charge >= 0.3 is 6.09 Å². The van der Waals surface area contributed by atoms with Gasteiger partial charge < -0.3 is 9.84 Å².